The zero-order valence-electron chi connectivity index (χ0n) is 11.1. The fraction of sp³-hybridized carbons (Fsp3) is 0.846. The van der Waals surface area contributed by atoms with E-state index < -0.39 is 0 Å². The van der Waals surface area contributed by atoms with Crippen LogP contribution in [0.15, 0.2) is 0 Å². The smallest absolute Gasteiger partial charge is 0.246 e. The molecular formula is C13H22N2O3. The van der Waals surface area contributed by atoms with E-state index in [0.29, 0.717) is 25.1 Å². The van der Waals surface area contributed by atoms with E-state index in [9.17, 15) is 9.59 Å². The van der Waals surface area contributed by atoms with Gasteiger partial charge in [0.15, 0.2) is 0 Å². The molecule has 1 aliphatic carbocycles. The Morgan fingerprint density at radius 2 is 2.17 bits per heavy atom. The summed E-state index contributed by atoms with van der Waals surface area (Å²) in [6.45, 7) is 2.52. The van der Waals surface area contributed by atoms with Gasteiger partial charge in [0.05, 0.1) is 18.6 Å². The van der Waals surface area contributed by atoms with Crippen molar-refractivity contribution in [2.45, 2.75) is 57.2 Å². The molecule has 2 amide bonds. The Hall–Kier alpha value is -0.940. The molecule has 0 spiro atoms. The molecule has 1 aliphatic heterocycles. The molecule has 0 aromatic rings. The van der Waals surface area contributed by atoms with Crippen molar-refractivity contribution in [1.29, 1.82) is 0 Å². The number of likely N-dealkylation sites (tertiary alicyclic amines) is 1. The van der Waals surface area contributed by atoms with Gasteiger partial charge in [0.2, 0.25) is 11.8 Å². The molecule has 18 heavy (non-hydrogen) atoms. The molecule has 1 N–H and O–H groups in total. The minimum atomic E-state index is -0.315. The van der Waals surface area contributed by atoms with E-state index in [-0.39, 0.29) is 17.9 Å². The van der Waals surface area contributed by atoms with Gasteiger partial charge in [-0.1, -0.05) is 6.92 Å². The summed E-state index contributed by atoms with van der Waals surface area (Å²) in [6, 6.07) is -0.0112. The summed E-state index contributed by atoms with van der Waals surface area (Å²) in [6.07, 6.45) is 4.40. The van der Waals surface area contributed by atoms with Crippen molar-refractivity contribution < 1.29 is 14.3 Å². The van der Waals surface area contributed by atoms with Crippen LogP contribution in [0.3, 0.4) is 0 Å². The Morgan fingerprint density at radius 3 is 2.78 bits per heavy atom. The van der Waals surface area contributed by atoms with E-state index >= 15 is 0 Å². The maximum Gasteiger partial charge on any atom is 0.246 e. The second-order valence-electron chi connectivity index (χ2n) is 5.17. The van der Waals surface area contributed by atoms with Crippen LogP contribution in [-0.2, 0) is 14.3 Å². The minimum Gasteiger partial charge on any atom is -0.381 e. The standard InChI is InChI=1S/C13H22N2O3/c1-3-6-15-12(16)8-11(13(15)17)14-9-4-5-10(7-9)18-2/h9-11,14H,3-8H2,1-2H3. The normalized spacial score (nSPS) is 32.6. The van der Waals surface area contributed by atoms with Gasteiger partial charge in [-0.2, -0.15) is 0 Å². The molecule has 2 fully saturated rings. The summed E-state index contributed by atoms with van der Waals surface area (Å²) >= 11 is 0. The van der Waals surface area contributed by atoms with Crippen LogP contribution < -0.4 is 5.32 Å². The highest BCUT2D eigenvalue weighted by atomic mass is 16.5. The zero-order valence-corrected chi connectivity index (χ0v) is 11.1. The average molecular weight is 254 g/mol. The van der Waals surface area contributed by atoms with Crippen molar-refractivity contribution in [3.05, 3.63) is 0 Å². The van der Waals surface area contributed by atoms with E-state index in [1.54, 1.807) is 7.11 Å². The monoisotopic (exact) mass is 254 g/mol. The first-order valence-electron chi connectivity index (χ1n) is 6.78. The lowest BCUT2D eigenvalue weighted by molar-refractivity contribution is -0.138. The predicted molar refractivity (Wildman–Crippen MR) is 67.0 cm³/mol. The summed E-state index contributed by atoms with van der Waals surface area (Å²) in [5.41, 5.74) is 0. The number of nitrogens with one attached hydrogen (secondary N) is 1. The molecule has 5 heteroatoms. The molecule has 3 unspecified atom stereocenters. The third-order valence-electron chi connectivity index (χ3n) is 3.85. The van der Waals surface area contributed by atoms with Crippen LogP contribution >= 0.6 is 0 Å². The number of methoxy groups -OCH3 is 1. The number of hydrogen-bond acceptors (Lipinski definition) is 4. The lowest BCUT2D eigenvalue weighted by Gasteiger charge is -2.18. The van der Waals surface area contributed by atoms with Crippen LogP contribution in [0.1, 0.15) is 39.0 Å². The molecule has 1 heterocycles. The van der Waals surface area contributed by atoms with Gasteiger partial charge < -0.3 is 10.1 Å². The number of carbonyl (C=O) groups excluding carboxylic acids is 2. The first-order valence-corrected chi connectivity index (χ1v) is 6.78. The molecule has 0 radical (unpaired) electrons. The first-order chi connectivity index (χ1) is 8.65. The molecule has 3 atom stereocenters. The Kier molecular flexibility index (Phi) is 4.35. The van der Waals surface area contributed by atoms with Crippen molar-refractivity contribution in [3.8, 4) is 0 Å². The maximum atomic E-state index is 12.1. The number of hydrogen-bond donors (Lipinski definition) is 1. The molecule has 102 valence electrons. The number of imide groups is 1. The summed E-state index contributed by atoms with van der Waals surface area (Å²) in [7, 11) is 1.72. The summed E-state index contributed by atoms with van der Waals surface area (Å²) < 4.78 is 5.31. The van der Waals surface area contributed by atoms with Gasteiger partial charge in [0.25, 0.3) is 0 Å². The first kappa shape index (κ1) is 13.5. The molecule has 0 aromatic carbocycles. The summed E-state index contributed by atoms with van der Waals surface area (Å²) in [5, 5.41) is 3.32. The van der Waals surface area contributed by atoms with Crippen LogP contribution in [0, 0.1) is 0 Å². The van der Waals surface area contributed by atoms with E-state index in [1.807, 2.05) is 6.92 Å². The maximum absolute atomic E-state index is 12.1. The molecular weight excluding hydrogens is 232 g/mol. The van der Waals surface area contributed by atoms with Gasteiger partial charge >= 0.3 is 0 Å². The Morgan fingerprint density at radius 1 is 1.39 bits per heavy atom. The van der Waals surface area contributed by atoms with Gasteiger partial charge in [-0.15, -0.1) is 0 Å². The van der Waals surface area contributed by atoms with E-state index in [2.05, 4.69) is 5.32 Å². The molecule has 2 aliphatic rings. The van der Waals surface area contributed by atoms with Gasteiger partial charge in [-0.3, -0.25) is 14.5 Å². The number of rotatable bonds is 5. The predicted octanol–water partition coefficient (Wildman–Crippen LogP) is 0.681. The molecule has 0 bridgehead atoms. The Bertz CT molecular complexity index is 332. The fourth-order valence-electron chi connectivity index (χ4n) is 2.86. The van der Waals surface area contributed by atoms with Crippen molar-refractivity contribution in [3.63, 3.8) is 0 Å². The third-order valence-corrected chi connectivity index (χ3v) is 3.85. The van der Waals surface area contributed by atoms with Crippen LogP contribution in [0.2, 0.25) is 0 Å². The summed E-state index contributed by atoms with van der Waals surface area (Å²) in [5.74, 6) is -0.0941. The van der Waals surface area contributed by atoms with Gasteiger partial charge in [0.1, 0.15) is 0 Å². The molecule has 5 nitrogen and oxygen atoms in total. The molecule has 1 saturated carbocycles. The topological polar surface area (TPSA) is 58.6 Å². The second-order valence-corrected chi connectivity index (χ2v) is 5.17. The quantitative estimate of drug-likeness (QED) is 0.733. The van der Waals surface area contributed by atoms with E-state index in [4.69, 9.17) is 4.74 Å². The van der Waals surface area contributed by atoms with E-state index in [1.165, 1.54) is 4.90 Å². The number of amides is 2. The van der Waals surface area contributed by atoms with Gasteiger partial charge in [-0.25, -0.2) is 0 Å². The average Bonchev–Trinajstić information content (AvgIpc) is 2.90. The number of nitrogens with zero attached hydrogens (tertiary/aromatic N) is 1. The molecule has 1 saturated heterocycles. The van der Waals surface area contributed by atoms with Crippen LogP contribution in [0.4, 0.5) is 0 Å². The van der Waals surface area contributed by atoms with Crippen molar-refractivity contribution in [2.75, 3.05) is 13.7 Å². The third kappa shape index (κ3) is 2.72. The lowest BCUT2D eigenvalue weighted by atomic mass is 10.2. The van der Waals surface area contributed by atoms with Crippen LogP contribution in [0.5, 0.6) is 0 Å². The minimum absolute atomic E-state index is 0.0411. The summed E-state index contributed by atoms with van der Waals surface area (Å²) in [4.78, 5) is 25.2. The Balaban J connectivity index is 1.87. The molecule has 2 rings (SSSR count). The van der Waals surface area contributed by atoms with Gasteiger partial charge in [-0.05, 0) is 25.7 Å². The highest BCUT2D eigenvalue weighted by Crippen LogP contribution is 2.23. The molecule has 0 aromatic heterocycles. The van der Waals surface area contributed by atoms with Crippen LogP contribution in [0.25, 0.3) is 0 Å². The second kappa shape index (κ2) is 5.80. The highest BCUT2D eigenvalue weighted by Gasteiger charge is 2.39. The zero-order chi connectivity index (χ0) is 13.1. The van der Waals surface area contributed by atoms with Crippen molar-refractivity contribution in [1.82, 2.24) is 10.2 Å². The largest absolute Gasteiger partial charge is 0.381 e. The van der Waals surface area contributed by atoms with Crippen molar-refractivity contribution in [2.24, 2.45) is 0 Å². The van der Waals surface area contributed by atoms with Crippen molar-refractivity contribution >= 4 is 11.8 Å². The number of carbonyl (C=O) groups is 2. The van der Waals surface area contributed by atoms with E-state index in [0.717, 1.165) is 25.7 Å². The Labute approximate surface area is 108 Å². The lowest BCUT2D eigenvalue weighted by Crippen LogP contribution is -2.43. The highest BCUT2D eigenvalue weighted by molar-refractivity contribution is 6.05. The fourth-order valence-corrected chi connectivity index (χ4v) is 2.86. The SMILES string of the molecule is CCCN1C(=O)CC(NC2CCC(OC)C2)C1=O. The van der Waals surface area contributed by atoms with Gasteiger partial charge in [0, 0.05) is 19.7 Å². The van der Waals surface area contributed by atoms with Crippen LogP contribution in [-0.4, -0.2) is 48.6 Å². The number of ether oxygens (including phenoxy) is 1.